The third-order valence-electron chi connectivity index (χ3n) is 4.13. The van der Waals surface area contributed by atoms with Gasteiger partial charge in [0.25, 0.3) is 0 Å². The maximum absolute atomic E-state index is 12.4. The number of halogens is 1. The summed E-state index contributed by atoms with van der Waals surface area (Å²) in [7, 11) is 1.56. The second-order valence-electron chi connectivity index (χ2n) is 5.88. The minimum absolute atomic E-state index is 0.109. The second kappa shape index (κ2) is 7.23. The number of carbonyl (C=O) groups is 1. The van der Waals surface area contributed by atoms with Crippen LogP contribution in [0.3, 0.4) is 0 Å². The highest BCUT2D eigenvalue weighted by atomic mass is 35.5. The SMILES string of the molecule is COc1ccc(Cl)cc1NC(=O)CN1CCCC1c1cc(C)on1. The highest BCUT2D eigenvalue weighted by Gasteiger charge is 2.30. The predicted octanol–water partition coefficient (Wildman–Crippen LogP) is 3.42. The number of methoxy groups -OCH3 is 1. The zero-order valence-corrected chi connectivity index (χ0v) is 14.5. The predicted molar refractivity (Wildman–Crippen MR) is 91.4 cm³/mol. The van der Waals surface area contributed by atoms with Crippen LogP contribution in [-0.4, -0.2) is 36.2 Å². The molecule has 0 saturated carbocycles. The van der Waals surface area contributed by atoms with Crippen LogP contribution in [0.2, 0.25) is 5.02 Å². The van der Waals surface area contributed by atoms with Crippen molar-refractivity contribution in [3.05, 3.63) is 40.7 Å². The van der Waals surface area contributed by atoms with Crippen LogP contribution in [-0.2, 0) is 4.79 Å². The van der Waals surface area contributed by atoms with Crippen LogP contribution in [0, 0.1) is 6.92 Å². The van der Waals surface area contributed by atoms with E-state index in [0.29, 0.717) is 16.5 Å². The molecule has 1 N–H and O–H groups in total. The van der Waals surface area contributed by atoms with Crippen molar-refractivity contribution in [2.75, 3.05) is 25.5 Å². The zero-order chi connectivity index (χ0) is 17.1. The van der Waals surface area contributed by atoms with Crippen LogP contribution in [0.1, 0.15) is 30.3 Å². The summed E-state index contributed by atoms with van der Waals surface area (Å²) >= 11 is 6.00. The van der Waals surface area contributed by atoms with E-state index in [1.807, 2.05) is 13.0 Å². The maximum atomic E-state index is 12.4. The number of amides is 1. The first kappa shape index (κ1) is 16.8. The van der Waals surface area contributed by atoms with Crippen molar-refractivity contribution in [2.24, 2.45) is 0 Å². The van der Waals surface area contributed by atoms with E-state index in [2.05, 4.69) is 15.4 Å². The number of nitrogens with zero attached hydrogens (tertiary/aromatic N) is 2. The molecule has 0 bridgehead atoms. The third kappa shape index (κ3) is 3.71. The van der Waals surface area contributed by atoms with Crippen LogP contribution in [0.25, 0.3) is 0 Å². The van der Waals surface area contributed by atoms with E-state index in [-0.39, 0.29) is 18.5 Å². The van der Waals surface area contributed by atoms with E-state index in [0.717, 1.165) is 30.8 Å². The Bertz CT molecular complexity index is 732. The molecule has 2 heterocycles. The Balaban J connectivity index is 1.67. The lowest BCUT2D eigenvalue weighted by molar-refractivity contribution is -0.117. The lowest BCUT2D eigenvalue weighted by atomic mass is 10.1. The molecule has 6 nitrogen and oxygen atoms in total. The fourth-order valence-corrected chi connectivity index (χ4v) is 3.22. The van der Waals surface area contributed by atoms with Crippen LogP contribution in [0.15, 0.2) is 28.8 Å². The van der Waals surface area contributed by atoms with Crippen molar-refractivity contribution in [1.29, 1.82) is 0 Å². The molecule has 1 amide bonds. The van der Waals surface area contributed by atoms with Gasteiger partial charge < -0.3 is 14.6 Å². The van der Waals surface area contributed by atoms with E-state index < -0.39 is 0 Å². The average Bonchev–Trinajstić information content (AvgIpc) is 3.16. The van der Waals surface area contributed by atoms with Crippen molar-refractivity contribution >= 4 is 23.2 Å². The molecule has 3 rings (SSSR count). The Labute approximate surface area is 145 Å². The Morgan fingerprint density at radius 3 is 3.04 bits per heavy atom. The molecule has 0 aliphatic carbocycles. The zero-order valence-electron chi connectivity index (χ0n) is 13.7. The Morgan fingerprint density at radius 1 is 1.50 bits per heavy atom. The Kier molecular flexibility index (Phi) is 5.06. The number of ether oxygens (including phenoxy) is 1. The molecular weight excluding hydrogens is 330 g/mol. The first-order valence-corrected chi connectivity index (χ1v) is 8.25. The normalized spacial score (nSPS) is 17.9. The maximum Gasteiger partial charge on any atom is 0.238 e. The summed E-state index contributed by atoms with van der Waals surface area (Å²) in [6.45, 7) is 3.01. The summed E-state index contributed by atoms with van der Waals surface area (Å²) in [5.41, 5.74) is 1.46. The summed E-state index contributed by atoms with van der Waals surface area (Å²) in [4.78, 5) is 14.5. The van der Waals surface area contributed by atoms with Crippen molar-refractivity contribution in [3.63, 3.8) is 0 Å². The number of nitrogens with one attached hydrogen (secondary N) is 1. The number of carbonyl (C=O) groups excluding carboxylic acids is 1. The quantitative estimate of drug-likeness (QED) is 0.895. The summed E-state index contributed by atoms with van der Waals surface area (Å²) in [5.74, 6) is 1.26. The number of hydrogen-bond acceptors (Lipinski definition) is 5. The highest BCUT2D eigenvalue weighted by Crippen LogP contribution is 2.32. The fourth-order valence-electron chi connectivity index (χ4n) is 3.05. The monoisotopic (exact) mass is 349 g/mol. The van der Waals surface area contributed by atoms with Crippen LogP contribution < -0.4 is 10.1 Å². The number of rotatable bonds is 5. The molecule has 1 aliphatic rings. The molecular formula is C17H20ClN3O3. The van der Waals surface area contributed by atoms with Crippen LogP contribution in [0.5, 0.6) is 5.75 Å². The lowest BCUT2D eigenvalue weighted by Crippen LogP contribution is -2.33. The smallest absolute Gasteiger partial charge is 0.238 e. The molecule has 24 heavy (non-hydrogen) atoms. The number of hydrogen-bond donors (Lipinski definition) is 1. The largest absolute Gasteiger partial charge is 0.495 e. The van der Waals surface area contributed by atoms with E-state index >= 15 is 0 Å². The van der Waals surface area contributed by atoms with Gasteiger partial charge in [-0.05, 0) is 44.5 Å². The van der Waals surface area contributed by atoms with Gasteiger partial charge in [0.1, 0.15) is 17.2 Å². The van der Waals surface area contributed by atoms with Gasteiger partial charge in [-0.2, -0.15) is 0 Å². The van der Waals surface area contributed by atoms with Gasteiger partial charge in [-0.3, -0.25) is 9.69 Å². The highest BCUT2D eigenvalue weighted by molar-refractivity contribution is 6.31. The van der Waals surface area contributed by atoms with E-state index in [4.69, 9.17) is 20.9 Å². The van der Waals surface area contributed by atoms with Crippen molar-refractivity contribution in [1.82, 2.24) is 10.1 Å². The number of likely N-dealkylation sites (tertiary alicyclic amines) is 1. The summed E-state index contributed by atoms with van der Waals surface area (Å²) in [6.07, 6.45) is 2.00. The van der Waals surface area contributed by atoms with Crippen molar-refractivity contribution in [3.8, 4) is 5.75 Å². The molecule has 2 aromatic rings. The Hall–Kier alpha value is -2.05. The number of benzene rings is 1. The molecule has 128 valence electrons. The van der Waals surface area contributed by atoms with Crippen molar-refractivity contribution in [2.45, 2.75) is 25.8 Å². The fraction of sp³-hybridized carbons (Fsp3) is 0.412. The van der Waals surface area contributed by atoms with E-state index in [1.54, 1.807) is 25.3 Å². The van der Waals surface area contributed by atoms with Crippen LogP contribution in [0.4, 0.5) is 5.69 Å². The number of anilines is 1. The molecule has 0 radical (unpaired) electrons. The first-order valence-electron chi connectivity index (χ1n) is 7.87. The molecule has 1 saturated heterocycles. The number of aryl methyl sites for hydroxylation is 1. The van der Waals surface area contributed by atoms with E-state index in [9.17, 15) is 4.79 Å². The summed E-state index contributed by atoms with van der Waals surface area (Å²) in [6, 6.07) is 7.19. The van der Waals surface area contributed by atoms with Gasteiger partial charge in [-0.15, -0.1) is 0 Å². The lowest BCUT2D eigenvalue weighted by Gasteiger charge is -2.22. The molecule has 1 aliphatic heterocycles. The molecule has 1 unspecified atom stereocenters. The summed E-state index contributed by atoms with van der Waals surface area (Å²) < 4.78 is 10.4. The van der Waals surface area contributed by atoms with Gasteiger partial charge >= 0.3 is 0 Å². The molecule has 0 spiro atoms. The summed E-state index contributed by atoms with van der Waals surface area (Å²) in [5, 5.41) is 7.51. The molecule has 7 heteroatoms. The molecule has 1 aromatic heterocycles. The Morgan fingerprint density at radius 2 is 2.33 bits per heavy atom. The van der Waals surface area contributed by atoms with Gasteiger partial charge in [-0.25, -0.2) is 0 Å². The second-order valence-corrected chi connectivity index (χ2v) is 6.32. The number of aromatic nitrogens is 1. The molecule has 1 aromatic carbocycles. The minimum Gasteiger partial charge on any atom is -0.495 e. The van der Waals surface area contributed by atoms with Crippen molar-refractivity contribution < 1.29 is 14.1 Å². The first-order chi connectivity index (χ1) is 11.6. The van der Waals surface area contributed by atoms with Gasteiger partial charge in [0.05, 0.1) is 25.4 Å². The standard InChI is InChI=1S/C17H20ClN3O3/c1-11-8-13(20-24-11)15-4-3-7-21(15)10-17(22)19-14-9-12(18)5-6-16(14)23-2/h5-6,8-9,15H,3-4,7,10H2,1-2H3,(H,19,22). The average molecular weight is 350 g/mol. The minimum atomic E-state index is -0.109. The molecule has 1 atom stereocenters. The van der Waals surface area contributed by atoms with Gasteiger partial charge in [-0.1, -0.05) is 16.8 Å². The van der Waals surface area contributed by atoms with E-state index in [1.165, 1.54) is 0 Å². The van der Waals surface area contributed by atoms with Gasteiger partial charge in [0.2, 0.25) is 5.91 Å². The van der Waals surface area contributed by atoms with Gasteiger partial charge in [0.15, 0.2) is 0 Å². The van der Waals surface area contributed by atoms with Crippen LogP contribution >= 0.6 is 11.6 Å². The molecule has 1 fully saturated rings. The van der Waals surface area contributed by atoms with Gasteiger partial charge in [0, 0.05) is 11.1 Å². The topological polar surface area (TPSA) is 67.6 Å². The third-order valence-corrected chi connectivity index (χ3v) is 4.37.